The third kappa shape index (κ3) is 5.33. The van der Waals surface area contributed by atoms with Crippen LogP contribution in [-0.2, 0) is 10.0 Å². The van der Waals surface area contributed by atoms with Crippen molar-refractivity contribution in [2.45, 2.75) is 44.0 Å². The molecule has 0 bridgehead atoms. The number of methoxy groups -OCH3 is 2. The van der Waals surface area contributed by atoms with Gasteiger partial charge in [-0.1, -0.05) is 13.8 Å². The van der Waals surface area contributed by atoms with Crippen molar-refractivity contribution in [3.8, 4) is 11.5 Å². The highest BCUT2D eigenvalue weighted by Crippen LogP contribution is 2.28. The summed E-state index contributed by atoms with van der Waals surface area (Å²) in [6.45, 7) is 6.85. The Labute approximate surface area is 151 Å². The van der Waals surface area contributed by atoms with Gasteiger partial charge >= 0.3 is 0 Å². The lowest BCUT2D eigenvalue weighted by Crippen LogP contribution is -2.43. The molecule has 0 aromatic heterocycles. The van der Waals surface area contributed by atoms with Crippen molar-refractivity contribution >= 4 is 10.0 Å². The first-order valence-corrected chi connectivity index (χ1v) is 10.3. The van der Waals surface area contributed by atoms with Gasteiger partial charge in [-0.15, -0.1) is 0 Å². The van der Waals surface area contributed by atoms with Gasteiger partial charge in [-0.05, 0) is 50.4 Å². The Hall–Kier alpha value is -1.31. The van der Waals surface area contributed by atoms with Gasteiger partial charge in [-0.25, -0.2) is 13.1 Å². The molecule has 0 aliphatic carbocycles. The molecule has 1 aliphatic heterocycles. The molecule has 0 radical (unpaired) electrons. The SMILES string of the molecule is COc1ccc(S(=O)(=O)NCC(CC(C)C)N2CCCC2)c(OC)c1. The Morgan fingerprint density at radius 3 is 2.40 bits per heavy atom. The highest BCUT2D eigenvalue weighted by molar-refractivity contribution is 7.89. The number of likely N-dealkylation sites (tertiary alicyclic amines) is 1. The molecule has 1 aromatic rings. The number of hydrogen-bond donors (Lipinski definition) is 1. The Balaban J connectivity index is 2.13. The van der Waals surface area contributed by atoms with Gasteiger partial charge in [0, 0.05) is 18.7 Å². The van der Waals surface area contributed by atoms with Crippen LogP contribution in [0.5, 0.6) is 11.5 Å². The standard InChI is InChI=1S/C18H30N2O4S/c1-14(2)11-15(20-9-5-6-10-20)13-19-25(21,22)18-8-7-16(23-3)12-17(18)24-4/h7-8,12,14-15,19H,5-6,9-11,13H2,1-4H3. The van der Waals surface area contributed by atoms with Crippen LogP contribution in [0.1, 0.15) is 33.1 Å². The highest BCUT2D eigenvalue weighted by Gasteiger charge is 2.26. The van der Waals surface area contributed by atoms with Crippen LogP contribution in [-0.4, -0.2) is 53.2 Å². The smallest absolute Gasteiger partial charge is 0.244 e. The molecule has 0 saturated carbocycles. The fourth-order valence-corrected chi connectivity index (χ4v) is 4.51. The minimum absolute atomic E-state index is 0.139. The lowest BCUT2D eigenvalue weighted by Gasteiger charge is -2.29. The van der Waals surface area contributed by atoms with E-state index in [0.29, 0.717) is 18.2 Å². The van der Waals surface area contributed by atoms with Crippen LogP contribution >= 0.6 is 0 Å². The fraction of sp³-hybridized carbons (Fsp3) is 0.667. The molecular formula is C18H30N2O4S. The largest absolute Gasteiger partial charge is 0.497 e. The van der Waals surface area contributed by atoms with Gasteiger partial charge in [0.25, 0.3) is 0 Å². The van der Waals surface area contributed by atoms with E-state index in [2.05, 4.69) is 23.5 Å². The Kier molecular flexibility index (Phi) is 7.10. The fourth-order valence-electron chi connectivity index (χ4n) is 3.29. The molecule has 1 unspecified atom stereocenters. The minimum Gasteiger partial charge on any atom is -0.497 e. The summed E-state index contributed by atoms with van der Waals surface area (Å²) in [7, 11) is -0.652. The zero-order valence-corrected chi connectivity index (χ0v) is 16.4. The molecule has 0 amide bonds. The maximum Gasteiger partial charge on any atom is 0.244 e. The van der Waals surface area contributed by atoms with E-state index in [0.717, 1.165) is 19.5 Å². The molecule has 2 rings (SSSR count). The maximum atomic E-state index is 12.8. The van der Waals surface area contributed by atoms with Crippen LogP contribution in [0.4, 0.5) is 0 Å². The van der Waals surface area contributed by atoms with Gasteiger partial charge in [0.15, 0.2) is 0 Å². The quantitative estimate of drug-likeness (QED) is 0.723. The number of sulfonamides is 1. The molecule has 1 saturated heterocycles. The van der Waals surface area contributed by atoms with E-state index in [1.807, 2.05) is 0 Å². The van der Waals surface area contributed by atoms with Gasteiger partial charge in [0.05, 0.1) is 14.2 Å². The molecule has 25 heavy (non-hydrogen) atoms. The number of nitrogens with one attached hydrogen (secondary N) is 1. The molecule has 1 aromatic carbocycles. The van der Waals surface area contributed by atoms with Crippen LogP contribution in [0.3, 0.4) is 0 Å². The summed E-state index contributed by atoms with van der Waals surface area (Å²) in [5.41, 5.74) is 0. The molecule has 1 aliphatic rings. The van der Waals surface area contributed by atoms with E-state index < -0.39 is 10.0 Å². The van der Waals surface area contributed by atoms with E-state index in [4.69, 9.17) is 9.47 Å². The first-order valence-electron chi connectivity index (χ1n) is 8.83. The van der Waals surface area contributed by atoms with E-state index >= 15 is 0 Å². The lowest BCUT2D eigenvalue weighted by molar-refractivity contribution is 0.214. The molecule has 1 N–H and O–H groups in total. The number of nitrogens with zero attached hydrogens (tertiary/aromatic N) is 1. The van der Waals surface area contributed by atoms with Crippen molar-refractivity contribution in [1.82, 2.24) is 9.62 Å². The first kappa shape index (κ1) is 20.0. The van der Waals surface area contributed by atoms with E-state index in [1.165, 1.54) is 33.1 Å². The van der Waals surface area contributed by atoms with Crippen molar-refractivity contribution in [3.05, 3.63) is 18.2 Å². The van der Waals surface area contributed by atoms with Crippen molar-refractivity contribution in [2.24, 2.45) is 5.92 Å². The summed E-state index contributed by atoms with van der Waals surface area (Å²) in [4.78, 5) is 2.54. The van der Waals surface area contributed by atoms with E-state index in [9.17, 15) is 8.42 Å². The van der Waals surface area contributed by atoms with E-state index in [-0.39, 0.29) is 16.7 Å². The van der Waals surface area contributed by atoms with Crippen molar-refractivity contribution < 1.29 is 17.9 Å². The van der Waals surface area contributed by atoms with Gasteiger partial charge in [-0.2, -0.15) is 0 Å². The second-order valence-electron chi connectivity index (χ2n) is 6.90. The van der Waals surface area contributed by atoms with Crippen LogP contribution in [0, 0.1) is 5.92 Å². The number of ether oxygens (including phenoxy) is 2. The summed E-state index contributed by atoms with van der Waals surface area (Å²) >= 11 is 0. The Morgan fingerprint density at radius 2 is 1.84 bits per heavy atom. The zero-order chi connectivity index (χ0) is 18.4. The molecule has 1 fully saturated rings. The molecule has 142 valence electrons. The van der Waals surface area contributed by atoms with Crippen molar-refractivity contribution in [3.63, 3.8) is 0 Å². The minimum atomic E-state index is -3.65. The average Bonchev–Trinajstić information content (AvgIpc) is 3.12. The topological polar surface area (TPSA) is 67.9 Å². The number of hydrogen-bond acceptors (Lipinski definition) is 5. The van der Waals surface area contributed by atoms with Crippen LogP contribution < -0.4 is 14.2 Å². The zero-order valence-electron chi connectivity index (χ0n) is 15.6. The number of benzene rings is 1. The second-order valence-corrected chi connectivity index (χ2v) is 8.63. The third-order valence-corrected chi connectivity index (χ3v) is 6.03. The molecule has 0 spiro atoms. The summed E-state index contributed by atoms with van der Waals surface area (Å²) < 4.78 is 38.7. The van der Waals surface area contributed by atoms with Crippen LogP contribution in [0.15, 0.2) is 23.1 Å². The first-order chi connectivity index (χ1) is 11.9. The van der Waals surface area contributed by atoms with Gasteiger partial charge in [0.2, 0.25) is 10.0 Å². The van der Waals surface area contributed by atoms with Crippen LogP contribution in [0.25, 0.3) is 0 Å². The van der Waals surface area contributed by atoms with Crippen molar-refractivity contribution in [1.29, 1.82) is 0 Å². The number of rotatable bonds is 9. The Morgan fingerprint density at radius 1 is 1.16 bits per heavy atom. The summed E-state index contributed by atoms with van der Waals surface area (Å²) in [6.07, 6.45) is 3.35. The Bertz CT molecular complexity index is 655. The van der Waals surface area contributed by atoms with Gasteiger partial charge in [-0.3, -0.25) is 4.90 Å². The predicted octanol–water partition coefficient (Wildman–Crippen LogP) is 2.49. The van der Waals surface area contributed by atoms with Gasteiger partial charge in [0.1, 0.15) is 16.4 Å². The van der Waals surface area contributed by atoms with Crippen LogP contribution in [0.2, 0.25) is 0 Å². The molecule has 6 nitrogen and oxygen atoms in total. The normalized spacial score (nSPS) is 17.0. The molecule has 1 atom stereocenters. The molecule has 7 heteroatoms. The molecule has 1 heterocycles. The second kappa shape index (κ2) is 8.87. The van der Waals surface area contributed by atoms with Crippen molar-refractivity contribution in [2.75, 3.05) is 33.9 Å². The summed E-state index contributed by atoms with van der Waals surface area (Å²) in [6, 6.07) is 4.96. The van der Waals surface area contributed by atoms with Gasteiger partial charge < -0.3 is 9.47 Å². The monoisotopic (exact) mass is 370 g/mol. The third-order valence-electron chi connectivity index (χ3n) is 4.57. The average molecular weight is 371 g/mol. The highest BCUT2D eigenvalue weighted by atomic mass is 32.2. The predicted molar refractivity (Wildman–Crippen MR) is 98.8 cm³/mol. The van der Waals surface area contributed by atoms with E-state index in [1.54, 1.807) is 12.1 Å². The maximum absolute atomic E-state index is 12.8. The lowest BCUT2D eigenvalue weighted by atomic mass is 10.0. The summed E-state index contributed by atoms with van der Waals surface area (Å²) in [5.74, 6) is 1.37. The summed E-state index contributed by atoms with van der Waals surface area (Å²) in [5, 5.41) is 0. The molecular weight excluding hydrogens is 340 g/mol.